The van der Waals surface area contributed by atoms with Crippen LogP contribution in [0.2, 0.25) is 0 Å². The molecular formula is C25H23F2N3O3. The molecule has 0 aromatic heterocycles. The molecule has 0 aliphatic carbocycles. The Morgan fingerprint density at radius 1 is 0.909 bits per heavy atom. The molecule has 0 spiro atoms. The van der Waals surface area contributed by atoms with Crippen molar-refractivity contribution in [2.45, 2.75) is 6.54 Å². The standard InChI is InChI=1S/C25H23F2N3O3/c26-19-7-5-17(6-8-19)24(31)28-23-10-9-20(15-21(23)25(32)33)30-13-11-29(12-14-30)16-18-3-1-2-4-22(18)27/h1-10,15H,11-14,16H2,(H,28,31)(H,32,33). The molecule has 4 rings (SSSR count). The van der Waals surface area contributed by atoms with E-state index in [-0.39, 0.29) is 22.6 Å². The van der Waals surface area contributed by atoms with Crippen molar-refractivity contribution >= 4 is 23.3 Å². The van der Waals surface area contributed by atoms with E-state index in [0.717, 1.165) is 5.69 Å². The van der Waals surface area contributed by atoms with Gasteiger partial charge in [0.1, 0.15) is 11.6 Å². The second-order valence-electron chi connectivity index (χ2n) is 7.85. The summed E-state index contributed by atoms with van der Waals surface area (Å²) in [5, 5.41) is 12.3. The van der Waals surface area contributed by atoms with Gasteiger partial charge in [0, 0.05) is 49.5 Å². The van der Waals surface area contributed by atoms with E-state index in [1.54, 1.807) is 24.3 Å². The first-order valence-electron chi connectivity index (χ1n) is 10.6. The molecular weight excluding hydrogens is 428 g/mol. The minimum Gasteiger partial charge on any atom is -0.478 e. The molecule has 0 unspecified atom stereocenters. The Morgan fingerprint density at radius 3 is 2.27 bits per heavy atom. The van der Waals surface area contributed by atoms with Gasteiger partial charge in [0.25, 0.3) is 5.91 Å². The van der Waals surface area contributed by atoms with Crippen LogP contribution in [0, 0.1) is 11.6 Å². The highest BCUT2D eigenvalue weighted by Crippen LogP contribution is 2.25. The van der Waals surface area contributed by atoms with E-state index in [4.69, 9.17) is 0 Å². The van der Waals surface area contributed by atoms with Crippen LogP contribution in [0.5, 0.6) is 0 Å². The molecule has 0 saturated carbocycles. The monoisotopic (exact) mass is 451 g/mol. The number of carboxylic acids is 1. The molecule has 1 aliphatic heterocycles. The zero-order valence-electron chi connectivity index (χ0n) is 17.8. The summed E-state index contributed by atoms with van der Waals surface area (Å²) in [6.07, 6.45) is 0. The number of hydrogen-bond acceptors (Lipinski definition) is 4. The Bertz CT molecular complexity index is 1160. The van der Waals surface area contributed by atoms with Gasteiger partial charge in [0.05, 0.1) is 11.3 Å². The van der Waals surface area contributed by atoms with Crippen molar-refractivity contribution in [1.82, 2.24) is 4.90 Å². The number of piperazine rings is 1. The topological polar surface area (TPSA) is 72.9 Å². The van der Waals surface area contributed by atoms with E-state index in [1.165, 1.54) is 36.4 Å². The fourth-order valence-corrected chi connectivity index (χ4v) is 3.84. The van der Waals surface area contributed by atoms with Crippen molar-refractivity contribution in [3.63, 3.8) is 0 Å². The lowest BCUT2D eigenvalue weighted by Crippen LogP contribution is -2.46. The number of halogens is 2. The average molecular weight is 451 g/mol. The van der Waals surface area contributed by atoms with Crippen LogP contribution in [0.15, 0.2) is 66.7 Å². The molecule has 33 heavy (non-hydrogen) atoms. The van der Waals surface area contributed by atoms with Crippen molar-refractivity contribution in [3.8, 4) is 0 Å². The van der Waals surface area contributed by atoms with Crippen molar-refractivity contribution in [1.29, 1.82) is 0 Å². The number of rotatable bonds is 6. The molecule has 3 aromatic rings. The molecule has 170 valence electrons. The summed E-state index contributed by atoms with van der Waals surface area (Å²) in [6, 6.07) is 16.6. The van der Waals surface area contributed by atoms with E-state index in [1.807, 2.05) is 6.07 Å². The van der Waals surface area contributed by atoms with Crippen molar-refractivity contribution in [2.75, 3.05) is 36.4 Å². The number of benzene rings is 3. The largest absolute Gasteiger partial charge is 0.478 e. The Morgan fingerprint density at radius 2 is 1.61 bits per heavy atom. The molecule has 1 amide bonds. The number of carbonyl (C=O) groups is 2. The summed E-state index contributed by atoms with van der Waals surface area (Å²) in [7, 11) is 0. The number of aromatic carboxylic acids is 1. The molecule has 6 nitrogen and oxygen atoms in total. The lowest BCUT2D eigenvalue weighted by atomic mass is 10.1. The maximum atomic E-state index is 13.9. The molecule has 0 radical (unpaired) electrons. The van der Waals surface area contributed by atoms with Crippen LogP contribution in [0.1, 0.15) is 26.3 Å². The van der Waals surface area contributed by atoms with Gasteiger partial charge in [0.2, 0.25) is 0 Å². The van der Waals surface area contributed by atoms with Gasteiger partial charge in [-0.1, -0.05) is 18.2 Å². The Hall–Kier alpha value is -3.78. The van der Waals surface area contributed by atoms with Gasteiger partial charge in [-0.25, -0.2) is 13.6 Å². The number of amides is 1. The van der Waals surface area contributed by atoms with Gasteiger partial charge in [-0.15, -0.1) is 0 Å². The molecule has 1 aliphatic rings. The number of anilines is 2. The zero-order chi connectivity index (χ0) is 23.4. The lowest BCUT2D eigenvalue weighted by molar-refractivity contribution is 0.0698. The molecule has 1 heterocycles. The number of carbonyl (C=O) groups excluding carboxylic acids is 1. The Kier molecular flexibility index (Phi) is 6.65. The minimum atomic E-state index is -1.16. The fraction of sp³-hybridized carbons (Fsp3) is 0.200. The number of nitrogens with one attached hydrogen (secondary N) is 1. The van der Waals surface area contributed by atoms with Gasteiger partial charge in [-0.05, 0) is 48.5 Å². The van der Waals surface area contributed by atoms with Gasteiger partial charge in [0.15, 0.2) is 0 Å². The van der Waals surface area contributed by atoms with Crippen LogP contribution >= 0.6 is 0 Å². The van der Waals surface area contributed by atoms with E-state index in [9.17, 15) is 23.5 Å². The predicted octanol–water partition coefficient (Wildman–Crippen LogP) is 4.24. The van der Waals surface area contributed by atoms with E-state index in [2.05, 4.69) is 15.1 Å². The third kappa shape index (κ3) is 5.35. The highest BCUT2D eigenvalue weighted by Gasteiger charge is 2.21. The second kappa shape index (κ2) is 9.79. The van der Waals surface area contributed by atoms with Crippen LogP contribution in [-0.2, 0) is 6.54 Å². The highest BCUT2D eigenvalue weighted by atomic mass is 19.1. The van der Waals surface area contributed by atoms with Crippen LogP contribution in [0.25, 0.3) is 0 Å². The first-order valence-corrected chi connectivity index (χ1v) is 10.6. The highest BCUT2D eigenvalue weighted by molar-refractivity contribution is 6.08. The van der Waals surface area contributed by atoms with Gasteiger partial charge in [-0.2, -0.15) is 0 Å². The van der Waals surface area contributed by atoms with Crippen LogP contribution in [-0.4, -0.2) is 48.1 Å². The normalized spacial score (nSPS) is 14.2. The van der Waals surface area contributed by atoms with Crippen LogP contribution in [0.4, 0.5) is 20.2 Å². The Balaban J connectivity index is 1.43. The van der Waals surface area contributed by atoms with Crippen LogP contribution < -0.4 is 10.2 Å². The summed E-state index contributed by atoms with van der Waals surface area (Å²) in [5.41, 5.74) is 1.75. The first kappa shape index (κ1) is 22.4. The molecule has 2 N–H and O–H groups in total. The Labute approximate surface area is 190 Å². The third-order valence-electron chi connectivity index (χ3n) is 5.68. The fourth-order valence-electron chi connectivity index (χ4n) is 3.84. The van der Waals surface area contributed by atoms with E-state index >= 15 is 0 Å². The summed E-state index contributed by atoms with van der Waals surface area (Å²) in [5.74, 6) is -2.36. The van der Waals surface area contributed by atoms with E-state index in [0.29, 0.717) is 38.3 Å². The number of carboxylic acid groups (broad SMARTS) is 1. The van der Waals surface area contributed by atoms with Crippen molar-refractivity contribution in [2.24, 2.45) is 0 Å². The zero-order valence-corrected chi connectivity index (χ0v) is 17.8. The van der Waals surface area contributed by atoms with Gasteiger partial charge in [-0.3, -0.25) is 9.69 Å². The number of hydrogen-bond donors (Lipinski definition) is 2. The first-order chi connectivity index (χ1) is 15.9. The molecule has 3 aromatic carbocycles. The maximum absolute atomic E-state index is 13.9. The summed E-state index contributed by atoms with van der Waals surface area (Å²) in [4.78, 5) is 28.5. The summed E-state index contributed by atoms with van der Waals surface area (Å²) < 4.78 is 27.0. The van der Waals surface area contributed by atoms with E-state index < -0.39 is 17.7 Å². The predicted molar refractivity (Wildman–Crippen MR) is 122 cm³/mol. The van der Waals surface area contributed by atoms with Gasteiger partial charge < -0.3 is 15.3 Å². The van der Waals surface area contributed by atoms with Gasteiger partial charge >= 0.3 is 5.97 Å². The van der Waals surface area contributed by atoms with Crippen LogP contribution in [0.3, 0.4) is 0 Å². The minimum absolute atomic E-state index is 0.0308. The molecule has 0 bridgehead atoms. The van der Waals surface area contributed by atoms with Crippen molar-refractivity contribution in [3.05, 3.63) is 95.1 Å². The SMILES string of the molecule is O=C(Nc1ccc(N2CCN(Cc3ccccc3F)CC2)cc1C(=O)O)c1ccc(F)cc1. The van der Waals surface area contributed by atoms with Crippen molar-refractivity contribution < 1.29 is 23.5 Å². The molecule has 1 saturated heterocycles. The second-order valence-corrected chi connectivity index (χ2v) is 7.85. The summed E-state index contributed by atoms with van der Waals surface area (Å²) >= 11 is 0. The molecule has 8 heteroatoms. The number of nitrogens with zero attached hydrogens (tertiary/aromatic N) is 2. The smallest absolute Gasteiger partial charge is 0.337 e. The lowest BCUT2D eigenvalue weighted by Gasteiger charge is -2.36. The quantitative estimate of drug-likeness (QED) is 0.587. The summed E-state index contributed by atoms with van der Waals surface area (Å²) in [6.45, 7) is 3.26. The molecule has 0 atom stereocenters. The maximum Gasteiger partial charge on any atom is 0.337 e. The average Bonchev–Trinajstić information content (AvgIpc) is 2.81. The molecule has 1 fully saturated rings. The third-order valence-corrected chi connectivity index (χ3v) is 5.68.